The molecule has 12 rings (SSSR count). The van der Waals surface area contributed by atoms with E-state index in [0.29, 0.717) is 5.82 Å². The van der Waals surface area contributed by atoms with Gasteiger partial charge in [0, 0.05) is 32.9 Å². The van der Waals surface area contributed by atoms with Crippen molar-refractivity contribution >= 4 is 32.6 Å². The molecule has 59 heavy (non-hydrogen) atoms. The Morgan fingerprint density at radius 3 is 1.59 bits per heavy atom. The summed E-state index contributed by atoms with van der Waals surface area (Å²) in [7, 11) is 0. The van der Waals surface area contributed by atoms with Crippen LogP contribution in [-0.2, 0) is 10.8 Å². The molecule has 2 heterocycles. The maximum absolute atomic E-state index is 5.41. The first kappa shape index (κ1) is 33.9. The summed E-state index contributed by atoms with van der Waals surface area (Å²) < 4.78 is 0. The molecule has 0 amide bonds. The fraction of sp³-hybridized carbons (Fsp3) is 0.111. The largest absolute Gasteiger partial charge is 0.228 e. The Morgan fingerprint density at radius 2 is 0.949 bits per heavy atom. The van der Waals surface area contributed by atoms with Gasteiger partial charge in [-0.2, -0.15) is 4.80 Å². The molecule has 2 aliphatic carbocycles. The number of benzene rings is 8. The fourth-order valence-corrected chi connectivity index (χ4v) is 9.93. The van der Waals surface area contributed by atoms with Crippen LogP contribution < -0.4 is 0 Å². The van der Waals surface area contributed by atoms with Gasteiger partial charge in [0.05, 0.1) is 17.1 Å². The van der Waals surface area contributed by atoms with Crippen LogP contribution in [0.3, 0.4) is 0 Å². The van der Waals surface area contributed by atoms with Gasteiger partial charge in [-0.1, -0.05) is 149 Å². The summed E-state index contributed by atoms with van der Waals surface area (Å²) in [5.74, 6) is 0.683. The fourth-order valence-electron chi connectivity index (χ4n) is 9.93. The molecule has 10 aromatic rings. The average Bonchev–Trinajstić information content (AvgIpc) is 3.89. The van der Waals surface area contributed by atoms with Crippen molar-refractivity contribution in [3.63, 3.8) is 0 Å². The molecule has 2 aliphatic rings. The highest BCUT2D eigenvalue weighted by atomic mass is 15.5. The van der Waals surface area contributed by atoms with Gasteiger partial charge >= 0.3 is 0 Å². The molecule has 8 aromatic carbocycles. The zero-order chi connectivity index (χ0) is 39.6. The van der Waals surface area contributed by atoms with Crippen molar-refractivity contribution in [2.75, 3.05) is 0 Å². The minimum absolute atomic E-state index is 0.131. The van der Waals surface area contributed by atoms with E-state index in [1.54, 1.807) is 4.80 Å². The van der Waals surface area contributed by atoms with Crippen LogP contribution in [0.5, 0.6) is 0 Å². The zero-order valence-corrected chi connectivity index (χ0v) is 33.3. The Hall–Kier alpha value is -7.24. The predicted molar refractivity (Wildman–Crippen MR) is 241 cm³/mol. The van der Waals surface area contributed by atoms with E-state index in [0.717, 1.165) is 66.3 Å². The van der Waals surface area contributed by atoms with E-state index in [1.165, 1.54) is 44.5 Å². The summed E-state index contributed by atoms with van der Waals surface area (Å²) in [6.07, 6.45) is 0. The van der Waals surface area contributed by atoms with Crippen LogP contribution in [0.2, 0.25) is 0 Å². The van der Waals surface area contributed by atoms with E-state index < -0.39 is 0 Å². The molecule has 0 bridgehead atoms. The van der Waals surface area contributed by atoms with Crippen LogP contribution in [0.1, 0.15) is 49.9 Å². The normalized spacial score (nSPS) is 14.4. The van der Waals surface area contributed by atoms with Crippen molar-refractivity contribution in [1.82, 2.24) is 25.0 Å². The van der Waals surface area contributed by atoms with Gasteiger partial charge in [-0.3, -0.25) is 0 Å². The lowest BCUT2D eigenvalue weighted by Gasteiger charge is -2.22. The van der Waals surface area contributed by atoms with Crippen molar-refractivity contribution in [2.24, 2.45) is 0 Å². The Morgan fingerprint density at radius 1 is 0.424 bits per heavy atom. The van der Waals surface area contributed by atoms with Gasteiger partial charge in [-0.15, -0.1) is 10.2 Å². The molecule has 280 valence electrons. The Balaban J connectivity index is 1.06. The molecular formula is C54H39N5. The molecule has 0 spiro atoms. The summed E-state index contributed by atoms with van der Waals surface area (Å²) in [4.78, 5) is 12.5. The summed E-state index contributed by atoms with van der Waals surface area (Å²) in [5.41, 5.74) is 17.8. The van der Waals surface area contributed by atoms with Gasteiger partial charge in [0.25, 0.3) is 0 Å². The molecule has 0 radical (unpaired) electrons. The van der Waals surface area contributed by atoms with Gasteiger partial charge in [0.15, 0.2) is 5.82 Å². The van der Waals surface area contributed by atoms with E-state index >= 15 is 0 Å². The third-order valence-electron chi connectivity index (χ3n) is 13.1. The average molecular weight is 758 g/mol. The smallest absolute Gasteiger partial charge is 0.160 e. The molecule has 0 fully saturated rings. The first-order chi connectivity index (χ1) is 28.7. The molecule has 0 unspecified atom stereocenters. The Labute approximate surface area is 342 Å². The highest BCUT2D eigenvalue weighted by Gasteiger charge is 2.37. The lowest BCUT2D eigenvalue weighted by Crippen LogP contribution is -2.15. The summed E-state index contributed by atoms with van der Waals surface area (Å²) in [6.45, 7) is 9.32. The first-order valence-electron chi connectivity index (χ1n) is 20.4. The summed E-state index contributed by atoms with van der Waals surface area (Å²) in [5, 5.41) is 14.3. The second-order valence-corrected chi connectivity index (χ2v) is 17.2. The van der Waals surface area contributed by atoms with Crippen LogP contribution in [0.4, 0.5) is 0 Å². The molecule has 0 N–H and O–H groups in total. The van der Waals surface area contributed by atoms with E-state index in [1.807, 2.05) is 30.3 Å². The number of aromatic nitrogens is 5. The lowest BCUT2D eigenvalue weighted by molar-refractivity contribution is 0.660. The molecule has 0 aliphatic heterocycles. The van der Waals surface area contributed by atoms with Crippen molar-refractivity contribution in [3.05, 3.63) is 186 Å². The van der Waals surface area contributed by atoms with Gasteiger partial charge in [-0.25, -0.2) is 9.97 Å². The lowest BCUT2D eigenvalue weighted by atomic mass is 9.81. The second kappa shape index (κ2) is 12.1. The van der Waals surface area contributed by atoms with E-state index in [9.17, 15) is 0 Å². The summed E-state index contributed by atoms with van der Waals surface area (Å²) >= 11 is 0. The van der Waals surface area contributed by atoms with Gasteiger partial charge < -0.3 is 0 Å². The van der Waals surface area contributed by atoms with Crippen LogP contribution >= 0.6 is 0 Å². The molecule has 5 heteroatoms. The monoisotopic (exact) mass is 757 g/mol. The molecular weight excluding hydrogens is 719 g/mol. The highest BCUT2D eigenvalue weighted by molar-refractivity contribution is 6.18. The van der Waals surface area contributed by atoms with Crippen molar-refractivity contribution in [3.8, 4) is 61.8 Å². The van der Waals surface area contributed by atoms with Crippen molar-refractivity contribution < 1.29 is 0 Å². The molecule has 0 saturated heterocycles. The number of para-hydroxylation sites is 1. The van der Waals surface area contributed by atoms with Gasteiger partial charge in [0.2, 0.25) is 0 Å². The third kappa shape index (κ3) is 4.97. The SMILES string of the molecule is CC1(C)c2ccccc2-c2ccc(-c3cc(-c4ccc5c(c4)C(C)(C)c4ccccc4-5)nc(-c4ccc5ccc6ccc7nn(-c8ccccc8)nc7c6c5c4)n3)cc21. The van der Waals surface area contributed by atoms with Crippen LogP contribution in [0.25, 0.3) is 94.4 Å². The van der Waals surface area contributed by atoms with Crippen molar-refractivity contribution in [1.29, 1.82) is 0 Å². The number of hydrogen-bond donors (Lipinski definition) is 0. The minimum atomic E-state index is -0.131. The maximum Gasteiger partial charge on any atom is 0.160 e. The zero-order valence-electron chi connectivity index (χ0n) is 33.3. The Kier molecular flexibility index (Phi) is 6.97. The molecule has 2 aromatic heterocycles. The topological polar surface area (TPSA) is 56.5 Å². The first-order valence-corrected chi connectivity index (χ1v) is 20.4. The van der Waals surface area contributed by atoms with E-state index in [-0.39, 0.29) is 10.8 Å². The minimum Gasteiger partial charge on any atom is -0.228 e. The van der Waals surface area contributed by atoms with Crippen LogP contribution in [0.15, 0.2) is 164 Å². The number of fused-ring (bicyclic) bond motifs is 11. The number of hydrogen-bond acceptors (Lipinski definition) is 4. The molecule has 0 atom stereocenters. The van der Waals surface area contributed by atoms with Gasteiger partial charge in [0.1, 0.15) is 11.0 Å². The third-order valence-corrected chi connectivity index (χ3v) is 13.1. The quantitative estimate of drug-likeness (QED) is 0.168. The van der Waals surface area contributed by atoms with Gasteiger partial charge in [-0.05, 0) is 103 Å². The maximum atomic E-state index is 5.41. The van der Waals surface area contributed by atoms with E-state index in [2.05, 4.69) is 161 Å². The van der Waals surface area contributed by atoms with Crippen LogP contribution in [0, 0.1) is 0 Å². The van der Waals surface area contributed by atoms with Crippen molar-refractivity contribution in [2.45, 2.75) is 38.5 Å². The Bertz CT molecular complexity index is 3270. The predicted octanol–water partition coefficient (Wildman–Crippen LogP) is 13.1. The second-order valence-electron chi connectivity index (χ2n) is 17.2. The summed E-state index contributed by atoms with van der Waals surface area (Å²) in [6, 6.07) is 58.8. The molecule has 0 saturated carbocycles. The standard InChI is InChI=1S/C54H39N5/c1-53(2)43-16-10-8-14-38(43)40-25-22-34(29-45(40)53)48-31-49(35-23-26-41-39-15-9-11-17-44(39)54(3,4)46(41)30-35)56-52(55-48)36-21-19-32-18-20-33-24-27-47-51(50(33)42(32)28-36)58-59(57-47)37-12-6-5-7-13-37/h5-31H,1-4H3. The number of nitrogens with zero attached hydrogens (tertiary/aromatic N) is 5. The highest BCUT2D eigenvalue weighted by Crippen LogP contribution is 2.51. The van der Waals surface area contributed by atoms with Crippen LogP contribution in [-0.4, -0.2) is 25.0 Å². The number of rotatable bonds is 4. The van der Waals surface area contributed by atoms with E-state index in [4.69, 9.17) is 20.2 Å². The molecule has 5 nitrogen and oxygen atoms in total.